The zero-order chi connectivity index (χ0) is 101. The van der Waals surface area contributed by atoms with Crippen molar-refractivity contribution in [2.75, 3.05) is 26.6 Å². The molecule has 4 nitrogen and oxygen atoms in total. The van der Waals surface area contributed by atoms with E-state index < -0.39 is 8.07 Å². The Morgan fingerprint density at radius 1 is 0.180 bits per heavy atom. The van der Waals surface area contributed by atoms with Crippen molar-refractivity contribution in [1.29, 1.82) is 0 Å². The fraction of sp³-hybridized carbons (Fsp3) is 0.0897. The van der Waals surface area contributed by atoms with Crippen LogP contribution in [0.4, 0.5) is 62.6 Å². The highest BCUT2D eigenvalue weighted by Gasteiger charge is 2.44. The number of nitrogens with zero attached hydrogens (tertiary/aromatic N) is 4. The summed E-state index contributed by atoms with van der Waals surface area (Å²) in [5.74, 6) is 0. The standard InChI is InChI=1S/C49H39NSi.C48H36N2.C48H35N/c1-49(2)41-21-11-10-18-35(41)36-28-27-34(31-42(36)49)47-37-19-8-9-20-38(37)48(39-29-26-33(30-40(39)47)32-16-6-5-7-17-32)50-43-22-12-14-24-45(43)51(3,4)46-25-15-13-23-44(46)50;1-48(2)40-20-10-9-17-34(40)35-27-26-33(30-41(35)48)46-36-18-7-8-19-37(36)47(38-28-25-32(29-39(38)46)31-15-5-4-6-16-31)50-44-23-13-11-21-42(44)49(3)43-22-12-14-24-45(43)50;1-48(2)42-21-11-10-18-36(42)37-26-25-35(30-43(37)48)46-38-19-8-9-20-39(38)47(40-27-24-32(29-41(40)46)31-14-4-3-5-15-31)49-44-22-12-6-16-33(44)28-34-17-7-13-23-45(34)49/h5-31H,1-4H3;4-30H,1-3H3;3-27,29-30H,28H2,1-2H3. The zero-order valence-corrected chi connectivity index (χ0v) is 86.8. The van der Waals surface area contributed by atoms with Gasteiger partial charge in [0.1, 0.15) is 8.07 Å². The second-order valence-corrected chi connectivity index (χ2v) is 47.9. The summed E-state index contributed by atoms with van der Waals surface area (Å²) in [6.07, 6.45) is 0.933. The van der Waals surface area contributed by atoms with Crippen LogP contribution in [0, 0.1) is 0 Å². The van der Waals surface area contributed by atoms with Crippen molar-refractivity contribution in [1.82, 2.24) is 0 Å². The Balaban J connectivity index is 0.000000108. The van der Waals surface area contributed by atoms with E-state index in [4.69, 9.17) is 0 Å². The summed E-state index contributed by atoms with van der Waals surface area (Å²) >= 11 is 0. The second-order valence-electron chi connectivity index (χ2n) is 43.6. The van der Waals surface area contributed by atoms with Crippen LogP contribution in [0.1, 0.15) is 86.1 Å². The molecule has 714 valence electrons. The average Bonchev–Trinajstić information content (AvgIpc) is 0.717. The normalized spacial score (nSPS) is 14.3. The molecule has 30 rings (SSSR count). The summed E-state index contributed by atoms with van der Waals surface area (Å²) < 4.78 is 0. The SMILES string of the molecule is CC1(C)c2ccccc2-c2ccc(-c3c4ccccc4c(N4c5ccccc5Cc5ccccc54)c4ccc(-c5ccccc5)cc34)cc21.CC1(C)c2ccccc2-c2ccc(-c3c4ccccc4c(N4c5ccccc5[Si](C)(C)c5ccccc54)c4ccc(-c5ccccc5)cc34)cc21.CN1c2ccccc2N(c2c3ccccc3c(-c3ccc4c(c3)C(C)(C)c3ccccc3-4)c3cc(-c4ccccc4)ccc23)c2ccccc21. The van der Waals surface area contributed by atoms with E-state index in [9.17, 15) is 0 Å². The Morgan fingerprint density at radius 3 is 0.760 bits per heavy atom. The molecule has 0 saturated carbocycles. The number of fused-ring (bicyclic) bond motifs is 21. The van der Waals surface area contributed by atoms with E-state index in [1.807, 2.05) is 0 Å². The maximum absolute atomic E-state index is 2.59. The molecule has 24 aromatic carbocycles. The molecule has 3 aliphatic carbocycles. The lowest BCUT2D eigenvalue weighted by Crippen LogP contribution is -2.58. The van der Waals surface area contributed by atoms with Crippen LogP contribution in [-0.2, 0) is 22.7 Å². The Hall–Kier alpha value is -17.7. The largest absolute Gasteiger partial charge is 0.341 e. The van der Waals surface area contributed by atoms with Crippen molar-refractivity contribution in [2.45, 2.75) is 77.3 Å². The van der Waals surface area contributed by atoms with E-state index in [0.29, 0.717) is 0 Å². The summed E-state index contributed by atoms with van der Waals surface area (Å²) in [4.78, 5) is 9.94. The first-order valence-electron chi connectivity index (χ1n) is 53.0. The van der Waals surface area contributed by atoms with Crippen molar-refractivity contribution >= 4 is 146 Å². The Morgan fingerprint density at radius 2 is 0.420 bits per heavy atom. The molecule has 0 N–H and O–H groups in total. The van der Waals surface area contributed by atoms with Crippen LogP contribution in [0.5, 0.6) is 0 Å². The van der Waals surface area contributed by atoms with E-state index >= 15 is 0 Å². The Labute approximate surface area is 879 Å². The smallest absolute Gasteiger partial charge is 0.117 e. The molecule has 0 radical (unpaired) electrons. The zero-order valence-electron chi connectivity index (χ0n) is 85.8. The van der Waals surface area contributed by atoms with Gasteiger partial charge in [0.2, 0.25) is 0 Å². The lowest BCUT2D eigenvalue weighted by atomic mass is 9.80. The van der Waals surface area contributed by atoms with Crippen molar-refractivity contribution in [3.63, 3.8) is 0 Å². The first-order chi connectivity index (χ1) is 73.4. The molecule has 24 aromatic rings. The highest BCUT2D eigenvalue weighted by Crippen LogP contribution is 2.62. The minimum absolute atomic E-state index is 0.0795. The maximum Gasteiger partial charge on any atom is 0.117 e. The van der Waals surface area contributed by atoms with Crippen LogP contribution < -0.4 is 30.0 Å². The minimum atomic E-state index is -1.95. The molecule has 5 heteroatoms. The number of benzene rings is 24. The maximum atomic E-state index is 2.59. The molecule has 0 amide bonds. The van der Waals surface area contributed by atoms with Crippen LogP contribution in [-0.4, -0.2) is 15.1 Å². The van der Waals surface area contributed by atoms with Crippen LogP contribution in [0.3, 0.4) is 0 Å². The summed E-state index contributed by atoms with van der Waals surface area (Å²) in [5.41, 5.74) is 47.5. The van der Waals surface area contributed by atoms with Crippen molar-refractivity contribution in [3.8, 4) is 100 Å². The molecule has 0 spiro atoms. The molecule has 6 aliphatic rings. The average molecular weight is 1940 g/mol. The molecular weight excluding hydrogens is 1830 g/mol. The van der Waals surface area contributed by atoms with Gasteiger partial charge in [-0.05, 0) is 272 Å². The number of para-hydroxylation sites is 8. The first-order valence-corrected chi connectivity index (χ1v) is 56.0. The van der Waals surface area contributed by atoms with E-state index in [0.717, 1.165) is 6.42 Å². The molecule has 0 atom stereocenters. The molecule has 0 unspecified atom stereocenters. The predicted octanol–water partition coefficient (Wildman–Crippen LogP) is 38.4. The van der Waals surface area contributed by atoms with Gasteiger partial charge in [-0.25, -0.2) is 0 Å². The molecule has 3 heterocycles. The number of hydrogen-bond acceptors (Lipinski definition) is 4. The van der Waals surface area contributed by atoms with Crippen LogP contribution in [0.2, 0.25) is 13.1 Å². The summed E-state index contributed by atoms with van der Waals surface area (Å²) in [6, 6.07) is 183. The van der Waals surface area contributed by atoms with Crippen molar-refractivity contribution in [3.05, 3.63) is 536 Å². The molecule has 0 saturated heterocycles. The van der Waals surface area contributed by atoms with Crippen LogP contribution in [0.25, 0.3) is 165 Å². The van der Waals surface area contributed by atoms with Gasteiger partial charge in [-0.1, -0.05) is 461 Å². The second kappa shape index (κ2) is 34.7. The van der Waals surface area contributed by atoms with Gasteiger partial charge < -0.3 is 19.6 Å². The first kappa shape index (κ1) is 89.8. The lowest BCUT2D eigenvalue weighted by molar-refractivity contribution is 0.660. The number of rotatable bonds is 9. The highest BCUT2D eigenvalue weighted by molar-refractivity contribution is 7.02. The van der Waals surface area contributed by atoms with Gasteiger partial charge in [0, 0.05) is 84.8 Å². The summed E-state index contributed by atoms with van der Waals surface area (Å²) in [6.45, 7) is 19.3. The summed E-state index contributed by atoms with van der Waals surface area (Å²) in [5, 5.41) is 18.0. The molecule has 3 aliphatic heterocycles. The fourth-order valence-electron chi connectivity index (χ4n) is 26.7. The van der Waals surface area contributed by atoms with Crippen molar-refractivity contribution < 1.29 is 0 Å². The molecular formula is C145H110N4Si. The van der Waals surface area contributed by atoms with Gasteiger partial charge in [0.05, 0.1) is 39.8 Å². The Kier molecular flexibility index (Phi) is 20.8. The topological polar surface area (TPSA) is 13.0 Å². The van der Waals surface area contributed by atoms with E-state index in [1.54, 1.807) is 0 Å². The van der Waals surface area contributed by atoms with Gasteiger partial charge >= 0.3 is 0 Å². The van der Waals surface area contributed by atoms with Gasteiger partial charge in [-0.15, -0.1) is 0 Å². The molecule has 0 bridgehead atoms. The highest BCUT2D eigenvalue weighted by atomic mass is 28.3. The Bertz CT molecular complexity index is 9580. The van der Waals surface area contributed by atoms with Gasteiger partial charge in [-0.3, -0.25) is 0 Å². The van der Waals surface area contributed by atoms with Gasteiger partial charge in [0.15, 0.2) is 0 Å². The number of anilines is 11. The molecule has 0 fully saturated rings. The third kappa shape index (κ3) is 13.9. The monoisotopic (exact) mass is 1930 g/mol. The fourth-order valence-corrected chi connectivity index (χ4v) is 29.7. The number of hydrogen-bond donors (Lipinski definition) is 0. The third-order valence-corrected chi connectivity index (χ3v) is 37.6. The van der Waals surface area contributed by atoms with Crippen LogP contribution in [0.15, 0.2) is 491 Å². The molecule has 0 aromatic heterocycles. The quantitative estimate of drug-likeness (QED) is 0.105. The lowest BCUT2D eigenvalue weighted by Gasteiger charge is -2.42. The molecule has 150 heavy (non-hydrogen) atoms. The van der Waals surface area contributed by atoms with E-state index in [1.165, 1.54) is 282 Å². The van der Waals surface area contributed by atoms with E-state index in [-0.39, 0.29) is 16.2 Å². The van der Waals surface area contributed by atoms with Crippen molar-refractivity contribution in [2.24, 2.45) is 0 Å². The van der Waals surface area contributed by atoms with Gasteiger partial charge in [-0.2, -0.15) is 0 Å². The predicted molar refractivity (Wildman–Crippen MR) is 641 cm³/mol. The van der Waals surface area contributed by atoms with Gasteiger partial charge in [0.25, 0.3) is 0 Å². The van der Waals surface area contributed by atoms with Crippen LogP contribution >= 0.6 is 0 Å². The minimum Gasteiger partial charge on any atom is -0.341 e. The summed E-state index contributed by atoms with van der Waals surface area (Å²) in [7, 11) is 0.224. The van der Waals surface area contributed by atoms with E-state index in [2.05, 4.69) is 573 Å². The third-order valence-electron chi connectivity index (χ3n) is 34.0.